The number of hydrogen-bond acceptors (Lipinski definition) is 3. The van der Waals surface area contributed by atoms with E-state index >= 15 is 0 Å². The molecular weight excluding hydrogens is 116 g/mol. The Hall–Kier alpha value is -0.120. The first-order chi connectivity index (χ1) is 4.31. The van der Waals surface area contributed by atoms with Gasteiger partial charge in [-0.25, -0.2) is 0 Å². The number of aliphatic hydroxyl groups excluding tert-OH is 1. The van der Waals surface area contributed by atoms with Crippen LogP contribution in [0.1, 0.15) is 13.3 Å². The Morgan fingerprint density at radius 2 is 2.33 bits per heavy atom. The maximum atomic E-state index is 8.90. The lowest BCUT2D eigenvalue weighted by Crippen LogP contribution is -2.32. The van der Waals surface area contributed by atoms with Gasteiger partial charge in [-0.05, 0) is 13.0 Å². The minimum atomic E-state index is -0.378. The molecule has 0 aromatic heterocycles. The fourth-order valence-corrected chi connectivity index (χ4v) is 0.529. The highest BCUT2D eigenvalue weighted by Crippen LogP contribution is 1.75. The van der Waals surface area contributed by atoms with Crippen LogP contribution in [-0.2, 0) is 0 Å². The molecule has 0 unspecified atom stereocenters. The summed E-state index contributed by atoms with van der Waals surface area (Å²) in [6.07, 6.45) is 0.716. The van der Waals surface area contributed by atoms with Crippen LogP contribution in [0.15, 0.2) is 0 Å². The van der Waals surface area contributed by atoms with E-state index in [9.17, 15) is 0 Å². The second-order valence-corrected chi connectivity index (χ2v) is 2.09. The van der Waals surface area contributed by atoms with Crippen LogP contribution in [-0.4, -0.2) is 30.8 Å². The average molecular weight is 132 g/mol. The summed E-state index contributed by atoms with van der Waals surface area (Å²) in [4.78, 5) is 0. The van der Waals surface area contributed by atoms with E-state index in [-0.39, 0.29) is 6.10 Å². The first-order valence-corrected chi connectivity index (χ1v) is 3.40. The maximum Gasteiger partial charge on any atom is 0.0786 e. The number of rotatable bonds is 5. The van der Waals surface area contributed by atoms with E-state index in [4.69, 9.17) is 10.8 Å². The van der Waals surface area contributed by atoms with Crippen molar-refractivity contribution < 1.29 is 5.11 Å². The van der Waals surface area contributed by atoms with E-state index in [1.807, 2.05) is 0 Å². The highest BCUT2D eigenvalue weighted by Gasteiger charge is 1.96. The van der Waals surface area contributed by atoms with Gasteiger partial charge >= 0.3 is 0 Å². The summed E-state index contributed by atoms with van der Waals surface area (Å²) in [6, 6.07) is 0. The Morgan fingerprint density at radius 3 is 2.78 bits per heavy atom. The molecule has 3 nitrogen and oxygen atoms in total. The normalized spacial score (nSPS) is 13.7. The third-order valence-corrected chi connectivity index (χ3v) is 1.08. The second kappa shape index (κ2) is 6.01. The Labute approximate surface area is 56.2 Å². The van der Waals surface area contributed by atoms with Crippen LogP contribution in [0, 0.1) is 0 Å². The lowest BCUT2D eigenvalue weighted by atomic mass is 10.3. The minimum Gasteiger partial charge on any atom is -0.390 e. The largest absolute Gasteiger partial charge is 0.390 e. The summed E-state index contributed by atoms with van der Waals surface area (Å²) >= 11 is 0. The first kappa shape index (κ1) is 8.88. The van der Waals surface area contributed by atoms with Crippen molar-refractivity contribution in [2.45, 2.75) is 19.4 Å². The molecule has 0 aliphatic carbocycles. The molecule has 0 saturated carbocycles. The van der Waals surface area contributed by atoms with Crippen LogP contribution in [0.3, 0.4) is 0 Å². The van der Waals surface area contributed by atoms with Gasteiger partial charge in [0.1, 0.15) is 0 Å². The smallest absolute Gasteiger partial charge is 0.0786 e. The fraction of sp³-hybridized carbons (Fsp3) is 1.00. The summed E-state index contributed by atoms with van der Waals surface area (Å²) in [5.74, 6) is 0. The van der Waals surface area contributed by atoms with E-state index in [1.54, 1.807) is 0 Å². The van der Waals surface area contributed by atoms with E-state index in [1.165, 1.54) is 0 Å². The van der Waals surface area contributed by atoms with Gasteiger partial charge in [0.2, 0.25) is 0 Å². The molecule has 0 aliphatic rings. The lowest BCUT2D eigenvalue weighted by molar-refractivity contribution is 0.180. The van der Waals surface area contributed by atoms with Crippen molar-refractivity contribution in [2.24, 2.45) is 5.73 Å². The summed E-state index contributed by atoms with van der Waals surface area (Å²) in [5.41, 5.74) is 5.16. The van der Waals surface area contributed by atoms with Crippen molar-refractivity contribution in [1.29, 1.82) is 0 Å². The average Bonchev–Trinajstić information content (AvgIpc) is 1.89. The quantitative estimate of drug-likeness (QED) is 0.434. The fourth-order valence-electron chi connectivity index (χ4n) is 0.529. The van der Waals surface area contributed by atoms with Gasteiger partial charge in [-0.2, -0.15) is 0 Å². The zero-order chi connectivity index (χ0) is 7.11. The van der Waals surface area contributed by atoms with E-state index in [0.29, 0.717) is 13.1 Å². The van der Waals surface area contributed by atoms with Crippen LogP contribution in [0.5, 0.6) is 0 Å². The van der Waals surface area contributed by atoms with Gasteiger partial charge in [0.15, 0.2) is 0 Å². The predicted octanol–water partition coefficient (Wildman–Crippen LogP) is -0.694. The zero-order valence-corrected chi connectivity index (χ0v) is 5.93. The molecule has 0 spiro atoms. The van der Waals surface area contributed by atoms with Crippen molar-refractivity contribution in [3.63, 3.8) is 0 Å². The van der Waals surface area contributed by atoms with Gasteiger partial charge in [-0.1, -0.05) is 6.92 Å². The summed E-state index contributed by atoms with van der Waals surface area (Å²) in [7, 11) is 0. The number of hydrogen-bond donors (Lipinski definition) is 3. The second-order valence-electron chi connectivity index (χ2n) is 2.09. The molecular formula is C6H16N2O. The van der Waals surface area contributed by atoms with Crippen molar-refractivity contribution in [3.05, 3.63) is 0 Å². The monoisotopic (exact) mass is 132 g/mol. The number of nitrogens with one attached hydrogen (secondary N) is 1. The third-order valence-electron chi connectivity index (χ3n) is 1.08. The molecule has 0 fully saturated rings. The van der Waals surface area contributed by atoms with Gasteiger partial charge < -0.3 is 16.2 Å². The van der Waals surface area contributed by atoms with Gasteiger partial charge in [-0.3, -0.25) is 0 Å². The molecule has 0 amide bonds. The van der Waals surface area contributed by atoms with Gasteiger partial charge in [0.05, 0.1) is 6.10 Å². The molecule has 0 heterocycles. The highest BCUT2D eigenvalue weighted by molar-refractivity contribution is 4.57. The summed E-state index contributed by atoms with van der Waals surface area (Å²) < 4.78 is 0. The Bertz CT molecular complexity index is 59.0. The number of nitrogens with two attached hydrogens (primary N) is 1. The SMILES string of the molecule is CCCNC[C@H](O)CN. The van der Waals surface area contributed by atoms with Crippen molar-refractivity contribution in [3.8, 4) is 0 Å². The molecule has 4 N–H and O–H groups in total. The summed E-state index contributed by atoms with van der Waals surface area (Å²) in [5, 5.41) is 12.0. The third kappa shape index (κ3) is 5.76. The minimum absolute atomic E-state index is 0.344. The topological polar surface area (TPSA) is 58.3 Å². The van der Waals surface area contributed by atoms with Crippen LogP contribution >= 0.6 is 0 Å². The molecule has 9 heavy (non-hydrogen) atoms. The van der Waals surface area contributed by atoms with Crippen LogP contribution in [0.4, 0.5) is 0 Å². The maximum absolute atomic E-state index is 8.90. The van der Waals surface area contributed by atoms with Gasteiger partial charge in [-0.15, -0.1) is 0 Å². The molecule has 0 saturated heterocycles. The highest BCUT2D eigenvalue weighted by atomic mass is 16.3. The van der Waals surface area contributed by atoms with Gasteiger partial charge in [0.25, 0.3) is 0 Å². The molecule has 0 rings (SSSR count). The van der Waals surface area contributed by atoms with Gasteiger partial charge in [0, 0.05) is 13.1 Å². The first-order valence-electron chi connectivity index (χ1n) is 3.40. The van der Waals surface area contributed by atoms with Crippen LogP contribution in [0.2, 0.25) is 0 Å². The van der Waals surface area contributed by atoms with E-state index in [0.717, 1.165) is 13.0 Å². The Kier molecular flexibility index (Phi) is 5.93. The molecule has 0 aromatic carbocycles. The summed E-state index contributed by atoms with van der Waals surface area (Å²) in [6.45, 7) is 4.00. The van der Waals surface area contributed by atoms with Crippen molar-refractivity contribution >= 4 is 0 Å². The lowest BCUT2D eigenvalue weighted by Gasteiger charge is -2.07. The van der Waals surface area contributed by atoms with E-state index < -0.39 is 0 Å². The molecule has 0 radical (unpaired) electrons. The van der Waals surface area contributed by atoms with Crippen LogP contribution in [0.25, 0.3) is 0 Å². The predicted molar refractivity (Wildman–Crippen MR) is 38.2 cm³/mol. The molecule has 56 valence electrons. The number of aliphatic hydroxyl groups is 1. The molecule has 3 heteroatoms. The Morgan fingerprint density at radius 1 is 1.67 bits per heavy atom. The van der Waals surface area contributed by atoms with Crippen LogP contribution < -0.4 is 11.1 Å². The van der Waals surface area contributed by atoms with Crippen molar-refractivity contribution in [2.75, 3.05) is 19.6 Å². The zero-order valence-electron chi connectivity index (χ0n) is 5.93. The Balaban J connectivity index is 2.88. The van der Waals surface area contributed by atoms with Crippen molar-refractivity contribution in [1.82, 2.24) is 5.32 Å². The molecule has 0 aromatic rings. The molecule has 0 bridgehead atoms. The standard InChI is InChI=1S/C6H16N2O/c1-2-3-8-5-6(9)4-7/h6,8-9H,2-5,7H2,1H3/t6-/m1/s1. The molecule has 0 aliphatic heterocycles. The molecule has 1 atom stereocenters. The van der Waals surface area contributed by atoms with E-state index in [2.05, 4.69) is 12.2 Å².